The van der Waals surface area contributed by atoms with Crippen LogP contribution in [0.15, 0.2) is 21.9 Å². The molecule has 11 atom stereocenters. The van der Waals surface area contributed by atoms with E-state index in [0.29, 0.717) is 0 Å². The molecule has 2 aliphatic heterocycles. The van der Waals surface area contributed by atoms with E-state index in [9.17, 15) is 58.8 Å². The highest BCUT2D eigenvalue weighted by Gasteiger charge is 2.50. The molecule has 0 aromatic carbocycles. The van der Waals surface area contributed by atoms with Crippen molar-refractivity contribution in [3.63, 3.8) is 0 Å². The molecule has 3 rings (SSSR count). The molecule has 1 aromatic rings. The van der Waals surface area contributed by atoms with E-state index in [4.69, 9.17) is 9.47 Å². The van der Waals surface area contributed by atoms with Crippen molar-refractivity contribution in [3.05, 3.63) is 33.1 Å². The second-order valence-corrected chi connectivity index (χ2v) is 13.9. The maximum Gasteiger partial charge on any atom is 0.480 e. The van der Waals surface area contributed by atoms with Gasteiger partial charge >= 0.3 is 20.3 Å². The van der Waals surface area contributed by atoms with E-state index in [0.717, 1.165) is 23.8 Å². The van der Waals surface area contributed by atoms with Gasteiger partial charge in [0.1, 0.15) is 42.1 Å². The summed E-state index contributed by atoms with van der Waals surface area (Å²) < 4.78 is 45.3. The molecule has 2 saturated heterocycles. The van der Waals surface area contributed by atoms with Crippen LogP contribution in [0, 0.1) is 0 Å². The molecule has 1 aromatic heterocycles. The molecule has 222 valence electrons. The first-order chi connectivity index (χ1) is 18.0. The van der Waals surface area contributed by atoms with E-state index in [2.05, 4.69) is 14.2 Å². The Bertz CT molecular complexity index is 1240. The monoisotopic (exact) mass is 623 g/mol. The van der Waals surface area contributed by atoms with Gasteiger partial charge in [0.05, 0.1) is 19.3 Å². The summed E-state index contributed by atoms with van der Waals surface area (Å²) in [5.74, 6) is -0.729. The van der Waals surface area contributed by atoms with Gasteiger partial charge in [0, 0.05) is 19.2 Å². The lowest BCUT2D eigenvalue weighted by molar-refractivity contribution is -0.173. The number of rotatable bonds is 10. The predicted molar refractivity (Wildman–Crippen MR) is 127 cm³/mol. The molecule has 2 unspecified atom stereocenters. The second kappa shape index (κ2) is 12.6. The number of hydrogen-bond donors (Lipinski definition) is 9. The number of H-pyrrole nitrogens is 1. The van der Waals surface area contributed by atoms with Gasteiger partial charge in [-0.15, -0.1) is 0 Å². The number of hydrogen-bond acceptors (Lipinski definition) is 15. The topological polar surface area (TPSA) is 297 Å². The second-order valence-electron chi connectivity index (χ2n) is 8.42. The lowest BCUT2D eigenvalue weighted by atomic mass is 9.98. The average Bonchev–Trinajstić information content (AvgIpc) is 3.10. The van der Waals surface area contributed by atoms with Crippen molar-refractivity contribution in [2.75, 3.05) is 13.2 Å². The van der Waals surface area contributed by atoms with Gasteiger partial charge in [-0.2, -0.15) is 4.31 Å². The van der Waals surface area contributed by atoms with Crippen LogP contribution in [-0.2, 0) is 32.2 Å². The zero-order chi connectivity index (χ0) is 29.3. The quantitative estimate of drug-likeness (QED) is 0.112. The SMILES string of the molecule is CC(=O)N[C@@H]1[C@@H](O)[C@H](O)[C@@H](CO)O[C@@H]1SP(=O)(O)OP(=O)(O)OC[C@H]1O[C@@H](n2ccc(=O)[nH]c2=O)[C@H](O)[C@@H]1O. The summed E-state index contributed by atoms with van der Waals surface area (Å²) in [6, 6.07) is -0.570. The summed E-state index contributed by atoms with van der Waals surface area (Å²) in [4.78, 5) is 56.8. The molecule has 0 bridgehead atoms. The Morgan fingerprint density at radius 1 is 1.10 bits per heavy atom. The zero-order valence-corrected chi connectivity index (χ0v) is 22.4. The zero-order valence-electron chi connectivity index (χ0n) is 19.8. The predicted octanol–water partition coefficient (Wildman–Crippen LogP) is -3.93. The number of phosphoric ester groups is 1. The summed E-state index contributed by atoms with van der Waals surface area (Å²) in [5, 5.41) is 52.2. The summed E-state index contributed by atoms with van der Waals surface area (Å²) in [5.41, 5.74) is -3.39. The molecule has 0 aliphatic carbocycles. The first kappa shape index (κ1) is 32.0. The highest BCUT2D eigenvalue weighted by atomic mass is 32.7. The Kier molecular flexibility index (Phi) is 10.3. The number of phosphoric acid groups is 1. The van der Waals surface area contributed by atoms with E-state index in [1.165, 1.54) is 0 Å². The van der Waals surface area contributed by atoms with Crippen molar-refractivity contribution in [1.82, 2.24) is 14.9 Å². The van der Waals surface area contributed by atoms with Crippen LogP contribution in [0.1, 0.15) is 13.2 Å². The highest BCUT2D eigenvalue weighted by molar-refractivity contribution is 8.55. The van der Waals surface area contributed by atoms with E-state index >= 15 is 0 Å². The van der Waals surface area contributed by atoms with Crippen LogP contribution >= 0.6 is 26.0 Å². The summed E-state index contributed by atoms with van der Waals surface area (Å²) in [6.07, 6.45) is -10.6. The number of carbonyl (C=O) groups is 1. The number of aromatic nitrogens is 2. The van der Waals surface area contributed by atoms with Gasteiger partial charge in [-0.25, -0.2) is 13.9 Å². The normalized spacial score (nSPS) is 36.2. The maximum absolute atomic E-state index is 12.6. The number of nitrogens with zero attached hydrogens (tertiary/aromatic N) is 1. The molecular formula is C17H27N3O16P2S. The number of aliphatic hydroxyl groups is 5. The third kappa shape index (κ3) is 7.84. The Labute approximate surface area is 222 Å². The maximum atomic E-state index is 12.6. The van der Waals surface area contributed by atoms with Gasteiger partial charge < -0.3 is 50.1 Å². The minimum Gasteiger partial charge on any atom is -0.394 e. The Hall–Kier alpha value is -1.48. The molecule has 2 aliphatic rings. The summed E-state index contributed by atoms with van der Waals surface area (Å²) in [7, 11) is -5.41. The lowest BCUT2D eigenvalue weighted by Gasteiger charge is -2.42. The minimum atomic E-state index is -5.41. The standard InChI is InChI=1S/C17H27N3O16P2S/c1-6(22)18-10-13(26)11(24)7(4-21)35-16(10)39-38(31,32)36-37(29,30)33-5-8-12(25)14(27)15(34-8)20-3-2-9(23)19-17(20)28/h2-3,7-8,10-16,21,24-27H,4-5H2,1H3,(H,18,22)(H,29,30)(H,31,32)(H,19,23,28)/t7-,8-,10-,11-,12-,13-,14-,15-,16-/m1/s1. The highest BCUT2D eigenvalue weighted by Crippen LogP contribution is 2.68. The van der Waals surface area contributed by atoms with Crippen molar-refractivity contribution >= 4 is 31.9 Å². The Morgan fingerprint density at radius 2 is 1.74 bits per heavy atom. The molecule has 2 fully saturated rings. The van der Waals surface area contributed by atoms with E-state index in [1.807, 2.05) is 4.98 Å². The van der Waals surface area contributed by atoms with Gasteiger partial charge in [-0.1, -0.05) is 0 Å². The molecule has 0 spiro atoms. The third-order valence-corrected chi connectivity index (χ3v) is 10.6. The molecule has 0 saturated carbocycles. The van der Waals surface area contributed by atoms with Gasteiger partial charge in [0.25, 0.3) is 5.56 Å². The number of nitrogens with one attached hydrogen (secondary N) is 2. The van der Waals surface area contributed by atoms with Crippen molar-refractivity contribution < 1.29 is 67.6 Å². The molecule has 0 radical (unpaired) electrons. The molecule has 9 N–H and O–H groups in total. The van der Waals surface area contributed by atoms with Crippen molar-refractivity contribution in [2.45, 2.75) is 61.3 Å². The van der Waals surface area contributed by atoms with E-state index < -0.39 is 99.3 Å². The van der Waals surface area contributed by atoms with E-state index in [-0.39, 0.29) is 11.4 Å². The number of ether oxygens (including phenoxy) is 2. The lowest BCUT2D eigenvalue weighted by Crippen LogP contribution is -2.63. The Morgan fingerprint density at radius 3 is 2.33 bits per heavy atom. The smallest absolute Gasteiger partial charge is 0.394 e. The number of carbonyl (C=O) groups excluding carboxylic acids is 1. The molecular weight excluding hydrogens is 596 g/mol. The van der Waals surface area contributed by atoms with Crippen LogP contribution in [-0.4, -0.2) is 112 Å². The van der Waals surface area contributed by atoms with Crippen LogP contribution in [0.4, 0.5) is 0 Å². The first-order valence-electron chi connectivity index (χ1n) is 11.0. The summed E-state index contributed by atoms with van der Waals surface area (Å²) in [6.45, 7) is -5.99. The molecule has 22 heteroatoms. The van der Waals surface area contributed by atoms with Gasteiger partial charge in [-0.05, 0) is 11.4 Å². The van der Waals surface area contributed by atoms with Crippen LogP contribution in [0.25, 0.3) is 0 Å². The van der Waals surface area contributed by atoms with Crippen molar-refractivity contribution in [1.29, 1.82) is 0 Å². The largest absolute Gasteiger partial charge is 0.480 e. The van der Waals surface area contributed by atoms with Crippen LogP contribution in [0.2, 0.25) is 0 Å². The minimum absolute atomic E-state index is 0.146. The number of aromatic amines is 1. The van der Waals surface area contributed by atoms with Gasteiger partial charge in [0.15, 0.2) is 6.23 Å². The summed E-state index contributed by atoms with van der Waals surface area (Å²) >= 11 is -0.146. The van der Waals surface area contributed by atoms with Crippen LogP contribution < -0.4 is 16.6 Å². The van der Waals surface area contributed by atoms with E-state index in [1.54, 1.807) is 0 Å². The average molecular weight is 623 g/mol. The number of amides is 1. The van der Waals surface area contributed by atoms with Gasteiger partial charge in [-0.3, -0.25) is 23.7 Å². The first-order valence-corrected chi connectivity index (χ1v) is 15.5. The van der Waals surface area contributed by atoms with Crippen LogP contribution in [0.5, 0.6) is 0 Å². The van der Waals surface area contributed by atoms with Crippen molar-refractivity contribution in [3.8, 4) is 0 Å². The molecule has 19 nitrogen and oxygen atoms in total. The number of aliphatic hydroxyl groups excluding tert-OH is 5. The molecule has 3 heterocycles. The fourth-order valence-electron chi connectivity index (χ4n) is 3.76. The fourth-order valence-corrected chi connectivity index (χ4v) is 8.73. The molecule has 1 amide bonds. The third-order valence-electron chi connectivity index (χ3n) is 5.56. The van der Waals surface area contributed by atoms with Crippen LogP contribution in [0.3, 0.4) is 0 Å². The van der Waals surface area contributed by atoms with Gasteiger partial charge in [0.2, 0.25) is 5.91 Å². The van der Waals surface area contributed by atoms with Crippen molar-refractivity contribution in [2.24, 2.45) is 0 Å². The molecule has 39 heavy (non-hydrogen) atoms. The Balaban J connectivity index is 1.66. The fraction of sp³-hybridized carbons (Fsp3) is 0.706.